The molecule has 2 N–H and O–H groups in total. The van der Waals surface area contributed by atoms with E-state index in [1.54, 1.807) is 0 Å². The lowest BCUT2D eigenvalue weighted by Crippen LogP contribution is -2.52. The Morgan fingerprint density at radius 2 is 1.95 bits per heavy atom. The van der Waals surface area contributed by atoms with Crippen molar-refractivity contribution in [2.45, 2.75) is 58.7 Å². The average molecular weight is 353 g/mol. The van der Waals surface area contributed by atoms with Crippen LogP contribution in [0.3, 0.4) is 0 Å². The average Bonchev–Trinajstić information content (AvgIpc) is 2.45. The second-order valence-electron chi connectivity index (χ2n) is 6.79. The van der Waals surface area contributed by atoms with Crippen molar-refractivity contribution in [3.63, 3.8) is 0 Å². The van der Waals surface area contributed by atoms with Gasteiger partial charge < -0.3 is 5.73 Å². The highest BCUT2D eigenvalue weighted by Gasteiger charge is 2.36. The quantitative estimate of drug-likeness (QED) is 0.858. The summed E-state index contributed by atoms with van der Waals surface area (Å²) < 4.78 is 1.18. The van der Waals surface area contributed by atoms with Crippen LogP contribution in [0, 0.1) is 11.8 Å². The van der Waals surface area contributed by atoms with Crippen molar-refractivity contribution < 1.29 is 0 Å². The van der Waals surface area contributed by atoms with E-state index in [4.69, 9.17) is 5.73 Å². The highest BCUT2D eigenvalue weighted by Crippen LogP contribution is 2.38. The third-order valence-electron chi connectivity index (χ3n) is 5.10. The van der Waals surface area contributed by atoms with E-state index in [9.17, 15) is 0 Å². The Kier molecular flexibility index (Phi) is 5.87. The maximum atomic E-state index is 6.54. The predicted octanol–water partition coefficient (Wildman–Crippen LogP) is 4.59. The molecule has 2 nitrogen and oxygen atoms in total. The summed E-state index contributed by atoms with van der Waals surface area (Å²) in [5, 5.41) is 0. The number of benzene rings is 1. The van der Waals surface area contributed by atoms with Crippen LogP contribution in [0.2, 0.25) is 0 Å². The van der Waals surface area contributed by atoms with Crippen LogP contribution in [0.25, 0.3) is 0 Å². The maximum absolute atomic E-state index is 6.54. The van der Waals surface area contributed by atoms with Crippen LogP contribution in [0.1, 0.15) is 52.1 Å². The van der Waals surface area contributed by atoms with Crippen LogP contribution >= 0.6 is 15.9 Å². The Labute approximate surface area is 138 Å². The van der Waals surface area contributed by atoms with Gasteiger partial charge in [0, 0.05) is 23.1 Å². The zero-order valence-electron chi connectivity index (χ0n) is 13.7. The first-order valence-electron chi connectivity index (χ1n) is 8.21. The molecule has 1 aliphatic heterocycles. The Balaban J connectivity index is 2.38. The number of nitrogens with two attached hydrogens (primary N) is 1. The molecule has 0 bridgehead atoms. The van der Waals surface area contributed by atoms with Gasteiger partial charge in [-0.3, -0.25) is 4.90 Å². The number of rotatable bonds is 4. The molecule has 118 valence electrons. The molecule has 1 aromatic carbocycles. The molecule has 2 rings (SSSR count). The van der Waals surface area contributed by atoms with E-state index < -0.39 is 0 Å². The fraction of sp³-hybridized carbons (Fsp3) is 0.667. The molecule has 5 unspecified atom stereocenters. The van der Waals surface area contributed by atoms with Crippen molar-refractivity contribution in [3.8, 4) is 0 Å². The third kappa shape index (κ3) is 3.69. The van der Waals surface area contributed by atoms with Gasteiger partial charge in [0.05, 0.1) is 6.04 Å². The molecule has 21 heavy (non-hydrogen) atoms. The zero-order chi connectivity index (χ0) is 15.6. The third-order valence-corrected chi connectivity index (χ3v) is 5.82. The summed E-state index contributed by atoms with van der Waals surface area (Å²) >= 11 is 3.73. The number of halogens is 1. The van der Waals surface area contributed by atoms with Gasteiger partial charge in [-0.05, 0) is 43.2 Å². The van der Waals surface area contributed by atoms with Gasteiger partial charge in [0.1, 0.15) is 0 Å². The molecule has 1 aliphatic rings. The fourth-order valence-corrected chi connectivity index (χ4v) is 4.24. The lowest BCUT2D eigenvalue weighted by molar-refractivity contribution is 0.0284. The van der Waals surface area contributed by atoms with Crippen LogP contribution in [-0.4, -0.2) is 23.5 Å². The van der Waals surface area contributed by atoms with Gasteiger partial charge in [-0.2, -0.15) is 0 Å². The number of hydrogen-bond donors (Lipinski definition) is 1. The molecule has 1 aromatic rings. The molecule has 0 amide bonds. The van der Waals surface area contributed by atoms with Crippen LogP contribution in [0.15, 0.2) is 28.7 Å². The zero-order valence-corrected chi connectivity index (χ0v) is 15.3. The Morgan fingerprint density at radius 3 is 2.57 bits per heavy atom. The predicted molar refractivity (Wildman–Crippen MR) is 94.3 cm³/mol. The fourth-order valence-electron chi connectivity index (χ4n) is 3.72. The molecule has 3 heteroatoms. The van der Waals surface area contributed by atoms with Gasteiger partial charge in [0.15, 0.2) is 0 Å². The van der Waals surface area contributed by atoms with Gasteiger partial charge in [-0.25, -0.2) is 0 Å². The van der Waals surface area contributed by atoms with E-state index in [1.165, 1.54) is 16.5 Å². The molecular weight excluding hydrogens is 324 g/mol. The minimum atomic E-state index is 0.170. The van der Waals surface area contributed by atoms with Crippen molar-refractivity contribution in [2.75, 3.05) is 6.54 Å². The van der Waals surface area contributed by atoms with Crippen molar-refractivity contribution in [1.82, 2.24) is 4.90 Å². The molecule has 0 aliphatic carbocycles. The number of nitrogens with zero attached hydrogens (tertiary/aromatic N) is 1. The summed E-state index contributed by atoms with van der Waals surface area (Å²) in [6.07, 6.45) is 2.32. The van der Waals surface area contributed by atoms with Crippen molar-refractivity contribution in [2.24, 2.45) is 17.6 Å². The molecule has 1 saturated heterocycles. The Hall–Kier alpha value is -0.380. The van der Waals surface area contributed by atoms with Crippen molar-refractivity contribution in [1.29, 1.82) is 0 Å². The SMILES string of the molecule is CCC(N)C(c1ccccc1Br)N1CC(C)CC(C)C1C. The summed E-state index contributed by atoms with van der Waals surface area (Å²) in [4.78, 5) is 2.65. The Bertz CT molecular complexity index is 462. The minimum absolute atomic E-state index is 0.170. The standard InChI is InChI=1S/C18H29BrN2/c1-5-17(20)18(15-8-6-7-9-16(15)19)21-11-12(2)10-13(3)14(21)4/h6-9,12-14,17-18H,5,10-11,20H2,1-4H3. The topological polar surface area (TPSA) is 29.3 Å². The van der Waals surface area contributed by atoms with Gasteiger partial charge in [-0.1, -0.05) is 54.9 Å². The number of likely N-dealkylation sites (tertiary alicyclic amines) is 1. The highest BCUT2D eigenvalue weighted by atomic mass is 79.9. The lowest BCUT2D eigenvalue weighted by Gasteiger charge is -2.47. The highest BCUT2D eigenvalue weighted by molar-refractivity contribution is 9.10. The van der Waals surface area contributed by atoms with Crippen molar-refractivity contribution >= 4 is 15.9 Å². The van der Waals surface area contributed by atoms with Gasteiger partial charge >= 0.3 is 0 Å². The first-order chi connectivity index (χ1) is 9.95. The van der Waals surface area contributed by atoms with E-state index >= 15 is 0 Å². The van der Waals surface area contributed by atoms with Crippen LogP contribution in [0.4, 0.5) is 0 Å². The summed E-state index contributed by atoms with van der Waals surface area (Å²) in [5.74, 6) is 1.47. The van der Waals surface area contributed by atoms with E-state index in [-0.39, 0.29) is 6.04 Å². The molecule has 0 aromatic heterocycles. The van der Waals surface area contributed by atoms with Gasteiger partial charge in [0.25, 0.3) is 0 Å². The van der Waals surface area contributed by atoms with Gasteiger partial charge in [-0.15, -0.1) is 0 Å². The van der Waals surface area contributed by atoms with Crippen LogP contribution < -0.4 is 5.73 Å². The summed E-state index contributed by atoms with van der Waals surface area (Å²) in [7, 11) is 0. The molecule has 1 heterocycles. The first kappa shape index (κ1) is 17.0. The summed E-state index contributed by atoms with van der Waals surface area (Å²) in [6, 6.07) is 9.60. The molecule has 1 fully saturated rings. The molecule has 0 saturated carbocycles. The molecular formula is C18H29BrN2. The van der Waals surface area contributed by atoms with E-state index in [2.05, 4.69) is 72.8 Å². The Morgan fingerprint density at radius 1 is 1.29 bits per heavy atom. The number of piperidine rings is 1. The monoisotopic (exact) mass is 352 g/mol. The van der Waals surface area contributed by atoms with E-state index in [0.717, 1.165) is 24.8 Å². The second kappa shape index (κ2) is 7.26. The van der Waals surface area contributed by atoms with Gasteiger partial charge in [0.2, 0.25) is 0 Å². The largest absolute Gasteiger partial charge is 0.326 e. The molecule has 5 atom stereocenters. The second-order valence-corrected chi connectivity index (χ2v) is 7.65. The molecule has 0 spiro atoms. The number of hydrogen-bond acceptors (Lipinski definition) is 2. The normalized spacial score (nSPS) is 30.1. The minimum Gasteiger partial charge on any atom is -0.326 e. The first-order valence-corrected chi connectivity index (χ1v) is 9.00. The van der Waals surface area contributed by atoms with Crippen LogP contribution in [0.5, 0.6) is 0 Å². The van der Waals surface area contributed by atoms with E-state index in [0.29, 0.717) is 12.1 Å². The smallest absolute Gasteiger partial charge is 0.0513 e. The summed E-state index contributed by atoms with van der Waals surface area (Å²) in [6.45, 7) is 10.4. The van der Waals surface area contributed by atoms with Crippen molar-refractivity contribution in [3.05, 3.63) is 34.3 Å². The van der Waals surface area contributed by atoms with E-state index in [1.807, 2.05) is 0 Å². The maximum Gasteiger partial charge on any atom is 0.0513 e. The van der Waals surface area contributed by atoms with Crippen LogP contribution in [-0.2, 0) is 0 Å². The lowest BCUT2D eigenvalue weighted by atomic mass is 9.82. The molecule has 0 radical (unpaired) electrons. The summed E-state index contributed by atoms with van der Waals surface area (Å²) in [5.41, 5.74) is 7.87.